The highest BCUT2D eigenvalue weighted by Crippen LogP contribution is 2.31. The van der Waals surface area contributed by atoms with Crippen LogP contribution in [0.2, 0.25) is 0 Å². The fourth-order valence-corrected chi connectivity index (χ4v) is 5.08. The van der Waals surface area contributed by atoms with Gasteiger partial charge < -0.3 is 15.1 Å². The molecule has 2 saturated heterocycles. The SMILES string of the molecule is Cl.S=C1CNCCN1CCCCN1CCN(c2cccc3sccc23)CC1. The molecule has 1 aromatic heterocycles. The zero-order chi connectivity index (χ0) is 17.8. The van der Waals surface area contributed by atoms with Crippen LogP contribution in [0.3, 0.4) is 0 Å². The van der Waals surface area contributed by atoms with Crippen molar-refractivity contribution in [1.82, 2.24) is 15.1 Å². The predicted octanol–water partition coefficient (Wildman–Crippen LogP) is 3.46. The summed E-state index contributed by atoms with van der Waals surface area (Å²) >= 11 is 7.27. The van der Waals surface area contributed by atoms with Crippen molar-refractivity contribution in [2.24, 2.45) is 0 Å². The van der Waals surface area contributed by atoms with Gasteiger partial charge in [0.15, 0.2) is 0 Å². The Bertz CT molecular complexity index is 742. The van der Waals surface area contributed by atoms with Crippen molar-refractivity contribution in [2.75, 3.05) is 63.8 Å². The van der Waals surface area contributed by atoms with Gasteiger partial charge in [0.2, 0.25) is 0 Å². The van der Waals surface area contributed by atoms with Crippen LogP contribution in [0.4, 0.5) is 5.69 Å². The molecule has 1 N–H and O–H groups in total. The van der Waals surface area contributed by atoms with Crippen molar-refractivity contribution >= 4 is 56.7 Å². The van der Waals surface area contributed by atoms with Crippen LogP contribution in [0.5, 0.6) is 0 Å². The fourth-order valence-electron chi connectivity index (χ4n) is 3.99. The Morgan fingerprint density at radius 3 is 2.63 bits per heavy atom. The predicted molar refractivity (Wildman–Crippen MR) is 124 cm³/mol. The minimum Gasteiger partial charge on any atom is -0.368 e. The number of hydrogen-bond acceptors (Lipinski definition) is 5. The monoisotopic (exact) mass is 424 g/mol. The first-order chi connectivity index (χ1) is 12.8. The summed E-state index contributed by atoms with van der Waals surface area (Å²) in [7, 11) is 0. The molecule has 2 fully saturated rings. The van der Waals surface area contributed by atoms with Gasteiger partial charge in [-0.2, -0.15) is 0 Å². The summed E-state index contributed by atoms with van der Waals surface area (Å²) < 4.78 is 1.40. The van der Waals surface area contributed by atoms with E-state index in [-0.39, 0.29) is 12.4 Å². The normalized spacial score (nSPS) is 18.7. The standard InChI is InChI=1S/C20H28N4S2.ClH/c25-20-16-21-7-10-24(20)9-2-1-8-22-11-13-23(14-12-22)18-4-3-5-19-17(18)6-15-26-19;/h3-6,15,21H,1-2,7-14,16H2;1H. The zero-order valence-electron chi connectivity index (χ0n) is 15.7. The summed E-state index contributed by atoms with van der Waals surface area (Å²) in [6.07, 6.45) is 2.52. The van der Waals surface area contributed by atoms with Crippen molar-refractivity contribution in [3.63, 3.8) is 0 Å². The third kappa shape index (κ3) is 5.12. The second kappa shape index (κ2) is 10.0. The third-order valence-electron chi connectivity index (χ3n) is 5.53. The summed E-state index contributed by atoms with van der Waals surface area (Å²) in [6.45, 7) is 9.99. The van der Waals surface area contributed by atoms with Crippen LogP contribution in [0.15, 0.2) is 29.6 Å². The minimum atomic E-state index is 0. The molecule has 1 aromatic carbocycles. The van der Waals surface area contributed by atoms with Gasteiger partial charge in [0.05, 0.1) is 4.99 Å². The number of nitrogens with zero attached hydrogens (tertiary/aromatic N) is 3. The number of thiophene rings is 1. The average molecular weight is 425 g/mol. The Labute approximate surface area is 177 Å². The van der Waals surface area contributed by atoms with E-state index in [4.69, 9.17) is 12.2 Å². The molecule has 0 atom stereocenters. The van der Waals surface area contributed by atoms with E-state index in [0.717, 1.165) is 44.3 Å². The lowest BCUT2D eigenvalue weighted by Gasteiger charge is -2.36. The van der Waals surface area contributed by atoms with Gasteiger partial charge in [-0.25, -0.2) is 0 Å². The number of rotatable bonds is 6. The number of benzene rings is 1. The molecular formula is C20H29ClN4S2. The maximum atomic E-state index is 5.44. The van der Waals surface area contributed by atoms with Crippen LogP contribution in [0.1, 0.15) is 12.8 Å². The number of anilines is 1. The maximum absolute atomic E-state index is 5.44. The summed E-state index contributed by atoms with van der Waals surface area (Å²) in [5.41, 5.74) is 1.41. The number of thiocarbonyl (C=S) groups is 1. The summed E-state index contributed by atoms with van der Waals surface area (Å²) in [5, 5.41) is 6.96. The molecule has 0 spiro atoms. The molecular weight excluding hydrogens is 396 g/mol. The first-order valence-corrected chi connectivity index (χ1v) is 11.0. The molecule has 0 bridgehead atoms. The molecule has 148 valence electrons. The molecule has 0 unspecified atom stereocenters. The van der Waals surface area contributed by atoms with Crippen LogP contribution in [0.25, 0.3) is 10.1 Å². The first kappa shape index (κ1) is 20.8. The number of piperazine rings is 2. The van der Waals surface area contributed by atoms with Crippen LogP contribution < -0.4 is 10.2 Å². The van der Waals surface area contributed by atoms with E-state index in [2.05, 4.69) is 49.7 Å². The van der Waals surface area contributed by atoms with Gasteiger partial charge in [-0.15, -0.1) is 23.7 Å². The lowest BCUT2D eigenvalue weighted by molar-refractivity contribution is 0.248. The fraction of sp³-hybridized carbons (Fsp3) is 0.550. The summed E-state index contributed by atoms with van der Waals surface area (Å²) in [5.74, 6) is 0. The van der Waals surface area contributed by atoms with Crippen LogP contribution >= 0.6 is 36.0 Å². The van der Waals surface area contributed by atoms with Crippen molar-refractivity contribution in [3.8, 4) is 0 Å². The maximum Gasteiger partial charge on any atom is 0.0920 e. The molecule has 2 aromatic rings. The second-order valence-corrected chi connectivity index (χ2v) is 8.62. The topological polar surface area (TPSA) is 21.8 Å². The molecule has 7 heteroatoms. The number of hydrogen-bond donors (Lipinski definition) is 1. The summed E-state index contributed by atoms with van der Waals surface area (Å²) in [6, 6.07) is 8.97. The van der Waals surface area contributed by atoms with Crippen LogP contribution in [0, 0.1) is 0 Å². The van der Waals surface area contributed by atoms with Crippen molar-refractivity contribution < 1.29 is 0 Å². The lowest BCUT2D eigenvalue weighted by Crippen LogP contribution is -2.48. The Hall–Kier alpha value is -0.920. The lowest BCUT2D eigenvalue weighted by atomic mass is 10.1. The van der Waals surface area contributed by atoms with E-state index in [1.54, 1.807) is 0 Å². The highest BCUT2D eigenvalue weighted by molar-refractivity contribution is 7.80. The molecule has 3 heterocycles. The van der Waals surface area contributed by atoms with E-state index in [1.807, 2.05) is 11.3 Å². The van der Waals surface area contributed by atoms with Crippen LogP contribution in [-0.2, 0) is 0 Å². The highest BCUT2D eigenvalue weighted by Gasteiger charge is 2.19. The van der Waals surface area contributed by atoms with E-state index < -0.39 is 0 Å². The molecule has 0 amide bonds. The smallest absolute Gasteiger partial charge is 0.0920 e. The van der Waals surface area contributed by atoms with Gasteiger partial charge in [0.1, 0.15) is 0 Å². The number of fused-ring (bicyclic) bond motifs is 1. The van der Waals surface area contributed by atoms with Crippen molar-refractivity contribution in [3.05, 3.63) is 29.6 Å². The van der Waals surface area contributed by atoms with E-state index in [0.29, 0.717) is 0 Å². The molecule has 4 nitrogen and oxygen atoms in total. The Morgan fingerprint density at radius 2 is 1.81 bits per heavy atom. The number of unbranched alkanes of at least 4 members (excludes halogenated alkanes) is 1. The van der Waals surface area contributed by atoms with Gasteiger partial charge in [0.25, 0.3) is 0 Å². The number of nitrogens with one attached hydrogen (secondary N) is 1. The highest BCUT2D eigenvalue weighted by atomic mass is 35.5. The Kier molecular flexibility index (Phi) is 7.73. The van der Waals surface area contributed by atoms with Crippen molar-refractivity contribution in [1.29, 1.82) is 0 Å². The van der Waals surface area contributed by atoms with Crippen molar-refractivity contribution in [2.45, 2.75) is 12.8 Å². The van der Waals surface area contributed by atoms with Gasteiger partial charge in [0, 0.05) is 68.1 Å². The molecule has 27 heavy (non-hydrogen) atoms. The van der Waals surface area contributed by atoms with Gasteiger partial charge in [-0.1, -0.05) is 18.3 Å². The molecule has 0 aliphatic carbocycles. The van der Waals surface area contributed by atoms with Gasteiger partial charge in [-0.05, 0) is 43.0 Å². The minimum absolute atomic E-state index is 0. The quantitative estimate of drug-likeness (QED) is 0.564. The van der Waals surface area contributed by atoms with E-state index in [1.165, 1.54) is 48.2 Å². The van der Waals surface area contributed by atoms with Crippen LogP contribution in [-0.4, -0.2) is 73.7 Å². The van der Waals surface area contributed by atoms with E-state index >= 15 is 0 Å². The number of halogens is 1. The Balaban J connectivity index is 0.00000210. The molecule has 2 aliphatic rings. The Morgan fingerprint density at radius 1 is 1.00 bits per heavy atom. The third-order valence-corrected chi connectivity index (χ3v) is 6.81. The van der Waals surface area contributed by atoms with Gasteiger partial charge in [-0.3, -0.25) is 4.90 Å². The van der Waals surface area contributed by atoms with E-state index in [9.17, 15) is 0 Å². The largest absolute Gasteiger partial charge is 0.368 e. The van der Waals surface area contributed by atoms with Gasteiger partial charge >= 0.3 is 0 Å². The second-order valence-electron chi connectivity index (χ2n) is 7.20. The average Bonchev–Trinajstić information content (AvgIpc) is 3.16. The molecule has 4 rings (SSSR count). The zero-order valence-corrected chi connectivity index (χ0v) is 18.2. The summed E-state index contributed by atoms with van der Waals surface area (Å²) in [4.78, 5) is 8.66. The molecule has 0 radical (unpaired) electrons. The molecule has 2 aliphatic heterocycles. The molecule has 0 saturated carbocycles. The first-order valence-electron chi connectivity index (χ1n) is 9.73.